The van der Waals surface area contributed by atoms with Crippen LogP contribution in [0.4, 0.5) is 0 Å². The molecule has 3 heteroatoms. The van der Waals surface area contributed by atoms with Crippen molar-refractivity contribution in [3.05, 3.63) is 18.0 Å². The smallest absolute Gasteiger partial charge is 0.0521 e. The van der Waals surface area contributed by atoms with Crippen molar-refractivity contribution in [2.45, 2.75) is 43.9 Å². The van der Waals surface area contributed by atoms with Gasteiger partial charge in [-0.15, -0.1) is 0 Å². The van der Waals surface area contributed by atoms with Gasteiger partial charge in [0.1, 0.15) is 0 Å². The van der Waals surface area contributed by atoms with E-state index in [-0.39, 0.29) is 0 Å². The Balaban J connectivity index is 1.88. The molecule has 0 amide bonds. The van der Waals surface area contributed by atoms with Crippen molar-refractivity contribution in [2.24, 2.45) is 12.5 Å². The van der Waals surface area contributed by atoms with Gasteiger partial charge in [0.25, 0.3) is 0 Å². The van der Waals surface area contributed by atoms with E-state index >= 15 is 0 Å². The highest BCUT2D eigenvalue weighted by molar-refractivity contribution is 9.09. The van der Waals surface area contributed by atoms with E-state index in [1.54, 1.807) is 0 Å². The second-order valence-electron chi connectivity index (χ2n) is 5.17. The van der Waals surface area contributed by atoms with E-state index in [2.05, 4.69) is 34.1 Å². The number of aryl methyl sites for hydroxylation is 2. The maximum Gasteiger partial charge on any atom is 0.0521 e. The summed E-state index contributed by atoms with van der Waals surface area (Å²) in [7, 11) is 1.98. The van der Waals surface area contributed by atoms with Gasteiger partial charge in [0.2, 0.25) is 0 Å². The molecule has 0 saturated heterocycles. The van der Waals surface area contributed by atoms with Gasteiger partial charge in [-0.1, -0.05) is 22.9 Å². The van der Waals surface area contributed by atoms with Gasteiger partial charge in [-0.05, 0) is 43.1 Å². The summed E-state index contributed by atoms with van der Waals surface area (Å²) < 4.78 is 1.89. The van der Waals surface area contributed by atoms with Gasteiger partial charge in [0.15, 0.2) is 0 Å². The number of hydrogen-bond donors (Lipinski definition) is 0. The molecule has 0 aromatic carbocycles. The summed E-state index contributed by atoms with van der Waals surface area (Å²) in [6.07, 6.45) is 10.6. The molecule has 0 radical (unpaired) electrons. The number of halogens is 1. The first-order valence-corrected chi connectivity index (χ1v) is 6.61. The van der Waals surface area contributed by atoms with Crippen LogP contribution in [0.2, 0.25) is 0 Å². The summed E-state index contributed by atoms with van der Waals surface area (Å²) in [5.74, 6) is 0. The maximum absolute atomic E-state index is 4.21. The zero-order valence-corrected chi connectivity index (χ0v) is 11.1. The summed E-state index contributed by atoms with van der Waals surface area (Å²) in [5, 5.41) is 4.21. The van der Waals surface area contributed by atoms with Gasteiger partial charge in [0.05, 0.1) is 6.20 Å². The Morgan fingerprint density at radius 3 is 3.00 bits per heavy atom. The third-order valence-corrected chi connectivity index (χ3v) is 4.33. The molecule has 0 bridgehead atoms. The molecule has 15 heavy (non-hydrogen) atoms. The second-order valence-corrected chi connectivity index (χ2v) is 6.47. The van der Waals surface area contributed by atoms with Gasteiger partial charge in [-0.2, -0.15) is 5.10 Å². The first kappa shape index (κ1) is 11.2. The topological polar surface area (TPSA) is 17.8 Å². The van der Waals surface area contributed by atoms with Crippen molar-refractivity contribution in [2.75, 3.05) is 0 Å². The average molecular weight is 271 g/mol. The van der Waals surface area contributed by atoms with E-state index in [1.165, 1.54) is 37.7 Å². The minimum atomic E-state index is 0.546. The minimum absolute atomic E-state index is 0.546. The lowest BCUT2D eigenvalue weighted by atomic mass is 9.83. The number of rotatable bonds is 3. The quantitative estimate of drug-likeness (QED) is 0.771. The molecule has 1 aliphatic rings. The highest BCUT2D eigenvalue weighted by atomic mass is 79.9. The molecule has 2 nitrogen and oxygen atoms in total. The molecule has 0 aliphatic heterocycles. The Hall–Kier alpha value is -0.310. The predicted octanol–water partition coefficient (Wildman–Crippen LogP) is 3.31. The van der Waals surface area contributed by atoms with Crippen molar-refractivity contribution >= 4 is 15.9 Å². The Morgan fingerprint density at radius 1 is 1.67 bits per heavy atom. The predicted molar refractivity (Wildman–Crippen MR) is 66.2 cm³/mol. The summed E-state index contributed by atoms with van der Waals surface area (Å²) in [6, 6.07) is 0. The monoisotopic (exact) mass is 270 g/mol. The van der Waals surface area contributed by atoms with Crippen molar-refractivity contribution in [1.82, 2.24) is 9.78 Å². The van der Waals surface area contributed by atoms with Crippen LogP contribution in [-0.4, -0.2) is 14.6 Å². The van der Waals surface area contributed by atoms with Gasteiger partial charge >= 0.3 is 0 Å². The molecular formula is C12H19BrN2. The molecule has 2 rings (SSSR count). The fourth-order valence-corrected chi connectivity index (χ4v) is 3.53. The number of hydrogen-bond acceptors (Lipinski definition) is 1. The van der Waals surface area contributed by atoms with E-state index in [0.29, 0.717) is 5.41 Å². The van der Waals surface area contributed by atoms with Crippen LogP contribution in [0, 0.1) is 5.41 Å². The maximum atomic E-state index is 4.21. The van der Waals surface area contributed by atoms with E-state index in [4.69, 9.17) is 0 Å². The Morgan fingerprint density at radius 2 is 2.47 bits per heavy atom. The molecule has 1 aromatic heterocycles. The molecule has 1 saturated carbocycles. The van der Waals surface area contributed by atoms with Crippen molar-refractivity contribution in [1.29, 1.82) is 0 Å². The second kappa shape index (κ2) is 4.28. The van der Waals surface area contributed by atoms with Gasteiger partial charge in [-0.3, -0.25) is 4.68 Å². The molecule has 0 N–H and O–H groups in total. The van der Waals surface area contributed by atoms with Crippen LogP contribution in [0.1, 0.15) is 38.2 Å². The first-order chi connectivity index (χ1) is 7.07. The highest BCUT2D eigenvalue weighted by Crippen LogP contribution is 2.44. The van der Waals surface area contributed by atoms with Crippen molar-refractivity contribution in [3.8, 4) is 0 Å². The molecule has 1 aliphatic carbocycles. The molecule has 84 valence electrons. The Labute approximate surface area is 100 Å². The first-order valence-electron chi connectivity index (χ1n) is 5.69. The van der Waals surface area contributed by atoms with Crippen LogP contribution in [-0.2, 0) is 13.5 Å². The normalized spacial score (nSPS) is 31.0. The van der Waals surface area contributed by atoms with Gasteiger partial charge in [0, 0.05) is 18.1 Å². The van der Waals surface area contributed by atoms with Gasteiger partial charge < -0.3 is 0 Å². The molecule has 1 fully saturated rings. The lowest BCUT2D eigenvalue weighted by Crippen LogP contribution is -2.13. The summed E-state index contributed by atoms with van der Waals surface area (Å²) in [6.45, 7) is 2.42. The summed E-state index contributed by atoms with van der Waals surface area (Å²) in [5.41, 5.74) is 1.92. The van der Waals surface area contributed by atoms with Crippen LogP contribution in [0.15, 0.2) is 12.4 Å². The van der Waals surface area contributed by atoms with E-state index < -0.39 is 0 Å². The fraction of sp³-hybridized carbons (Fsp3) is 0.750. The zero-order valence-electron chi connectivity index (χ0n) is 9.54. The fourth-order valence-electron chi connectivity index (χ4n) is 2.52. The lowest BCUT2D eigenvalue weighted by Gasteiger charge is -2.23. The van der Waals surface area contributed by atoms with E-state index in [0.717, 1.165) is 4.83 Å². The Bertz CT molecular complexity index is 334. The summed E-state index contributed by atoms with van der Waals surface area (Å²) >= 11 is 3.73. The van der Waals surface area contributed by atoms with Crippen molar-refractivity contribution < 1.29 is 0 Å². The standard InChI is InChI=1S/C12H19BrN2/c1-12(6-4-11(13)7-12)5-3-10-8-14-15(2)9-10/h8-9,11H,3-7H2,1-2H3. The van der Waals surface area contributed by atoms with Crippen LogP contribution >= 0.6 is 15.9 Å². The summed E-state index contributed by atoms with van der Waals surface area (Å²) in [4.78, 5) is 0.747. The van der Waals surface area contributed by atoms with Crippen LogP contribution in [0.3, 0.4) is 0 Å². The number of alkyl halides is 1. The van der Waals surface area contributed by atoms with E-state index in [1.807, 2.05) is 17.9 Å². The third-order valence-electron chi connectivity index (χ3n) is 3.55. The number of aromatic nitrogens is 2. The van der Waals surface area contributed by atoms with Crippen LogP contribution in [0.5, 0.6) is 0 Å². The SMILES string of the molecule is Cn1cc(CCC2(C)CCC(Br)C2)cn1. The molecular weight excluding hydrogens is 252 g/mol. The average Bonchev–Trinajstić information content (AvgIpc) is 2.71. The Kier molecular flexibility index (Phi) is 3.19. The van der Waals surface area contributed by atoms with Crippen molar-refractivity contribution in [3.63, 3.8) is 0 Å². The zero-order chi connectivity index (χ0) is 10.9. The minimum Gasteiger partial charge on any atom is -0.276 e. The third kappa shape index (κ3) is 2.83. The molecule has 1 aromatic rings. The molecule has 2 unspecified atom stereocenters. The van der Waals surface area contributed by atoms with Crippen LogP contribution in [0.25, 0.3) is 0 Å². The number of nitrogens with zero attached hydrogens (tertiary/aromatic N) is 2. The molecule has 1 heterocycles. The highest BCUT2D eigenvalue weighted by Gasteiger charge is 2.33. The largest absolute Gasteiger partial charge is 0.276 e. The van der Waals surface area contributed by atoms with Crippen LogP contribution < -0.4 is 0 Å². The lowest BCUT2D eigenvalue weighted by molar-refractivity contribution is 0.310. The van der Waals surface area contributed by atoms with E-state index in [9.17, 15) is 0 Å². The van der Waals surface area contributed by atoms with Gasteiger partial charge in [-0.25, -0.2) is 0 Å². The molecule has 2 atom stereocenters. The molecule has 0 spiro atoms.